The number of fused-ring (bicyclic) bond motifs is 1. The molecule has 1 aliphatic rings. The van der Waals surface area contributed by atoms with Gasteiger partial charge in [0.15, 0.2) is 0 Å². The van der Waals surface area contributed by atoms with Crippen molar-refractivity contribution in [1.82, 2.24) is 41.5 Å². The standard InChI is InChI=1S/C34H38N8O9.C2HF3O2/c43-16-28(33(49)41-27(34(50)51)11-18-5-7-21(44)8-6-18)42-31(47)25(12-19-14-36-23-4-2-1-3-22(19)23)39-32(48)26(13-20-15-35-17-37-20)40-30(46)24-9-10-29(45)38-24;3-2(4,5)1(6)7/h1-8,14-15,17,24-28,36,43-44H,9-13,16H2,(H,35,37)(H,38,45)(H,39,48)(H,40,46)(H,41,49)(H,42,47)(H,50,51);(H,6,7)/t24-,25-,26-,27-,28-;/m0./s1. The Bertz CT molecular complexity index is 2090. The molecule has 0 aliphatic carbocycles. The van der Waals surface area contributed by atoms with Crippen molar-refractivity contribution in [2.75, 3.05) is 6.61 Å². The number of nitrogens with zero attached hydrogens (tertiary/aromatic N) is 1. The number of aliphatic hydroxyl groups excluding tert-OH is 1. The van der Waals surface area contributed by atoms with E-state index in [-0.39, 0.29) is 43.8 Å². The largest absolute Gasteiger partial charge is 0.508 e. The Balaban J connectivity index is 0.000000973. The number of carboxylic acids is 2. The summed E-state index contributed by atoms with van der Waals surface area (Å²) >= 11 is 0. The van der Waals surface area contributed by atoms with Gasteiger partial charge < -0.3 is 57.0 Å². The van der Waals surface area contributed by atoms with E-state index in [4.69, 9.17) is 9.90 Å². The monoisotopic (exact) mass is 816 g/mol. The molecule has 1 fully saturated rings. The van der Waals surface area contributed by atoms with E-state index in [1.807, 2.05) is 18.2 Å². The number of amides is 5. The van der Waals surface area contributed by atoms with Crippen LogP contribution < -0.4 is 26.6 Å². The minimum Gasteiger partial charge on any atom is -0.508 e. The number of halogens is 3. The first kappa shape index (κ1) is 43.8. The van der Waals surface area contributed by atoms with Crippen LogP contribution in [0.1, 0.15) is 29.7 Å². The number of phenols is 1. The molecule has 11 N–H and O–H groups in total. The number of imidazole rings is 1. The number of carbonyl (C=O) groups excluding carboxylic acids is 5. The molecule has 5 rings (SSSR count). The molecule has 2 aromatic heterocycles. The summed E-state index contributed by atoms with van der Waals surface area (Å²) in [4.78, 5) is 96.5. The zero-order chi connectivity index (χ0) is 42.6. The number of aromatic nitrogens is 3. The summed E-state index contributed by atoms with van der Waals surface area (Å²) in [7, 11) is 0. The van der Waals surface area contributed by atoms with Gasteiger partial charge in [0, 0.05) is 54.7 Å². The number of aliphatic carboxylic acids is 2. The zero-order valence-electron chi connectivity index (χ0n) is 30.2. The van der Waals surface area contributed by atoms with Gasteiger partial charge in [-0.2, -0.15) is 13.2 Å². The molecule has 22 heteroatoms. The fourth-order valence-electron chi connectivity index (χ4n) is 5.72. The second kappa shape index (κ2) is 19.8. The van der Waals surface area contributed by atoms with Crippen LogP contribution in [-0.2, 0) is 52.8 Å². The van der Waals surface area contributed by atoms with Gasteiger partial charge in [-0.05, 0) is 35.7 Å². The van der Waals surface area contributed by atoms with Gasteiger partial charge >= 0.3 is 18.1 Å². The van der Waals surface area contributed by atoms with Gasteiger partial charge in [-0.3, -0.25) is 24.0 Å². The average molecular weight is 817 g/mol. The predicted octanol–water partition coefficient (Wildman–Crippen LogP) is -0.447. The van der Waals surface area contributed by atoms with Gasteiger partial charge in [0.2, 0.25) is 29.5 Å². The van der Waals surface area contributed by atoms with Crippen LogP contribution in [0.5, 0.6) is 5.75 Å². The Morgan fingerprint density at radius 3 is 1.98 bits per heavy atom. The van der Waals surface area contributed by atoms with Crippen LogP contribution in [0, 0.1) is 0 Å². The van der Waals surface area contributed by atoms with Crippen LogP contribution >= 0.6 is 0 Å². The highest BCUT2D eigenvalue weighted by Crippen LogP contribution is 2.20. The van der Waals surface area contributed by atoms with Gasteiger partial charge in [-0.15, -0.1) is 0 Å². The van der Waals surface area contributed by atoms with E-state index in [2.05, 4.69) is 41.5 Å². The summed E-state index contributed by atoms with van der Waals surface area (Å²) < 4.78 is 31.7. The molecule has 0 saturated carbocycles. The number of carbonyl (C=O) groups is 7. The molecule has 2 aromatic carbocycles. The number of hydrogen-bond donors (Lipinski definition) is 11. The van der Waals surface area contributed by atoms with E-state index in [1.54, 1.807) is 12.3 Å². The van der Waals surface area contributed by atoms with Crippen LogP contribution in [0.25, 0.3) is 10.9 Å². The maximum atomic E-state index is 13.9. The number of aliphatic hydroxyl groups is 1. The number of aromatic hydroxyl groups is 1. The van der Waals surface area contributed by atoms with Crippen LogP contribution in [-0.4, -0.2) is 120 Å². The first-order valence-corrected chi connectivity index (χ1v) is 17.4. The summed E-state index contributed by atoms with van der Waals surface area (Å²) in [5.74, 6) is -7.65. The van der Waals surface area contributed by atoms with Gasteiger partial charge in [-0.1, -0.05) is 30.3 Å². The van der Waals surface area contributed by atoms with Gasteiger partial charge in [0.1, 0.15) is 36.0 Å². The summed E-state index contributed by atoms with van der Waals surface area (Å²) in [5, 5.41) is 49.9. The van der Waals surface area contributed by atoms with Gasteiger partial charge in [0.05, 0.1) is 12.9 Å². The molecule has 5 amide bonds. The number of para-hydroxylation sites is 1. The van der Waals surface area contributed by atoms with Crippen LogP contribution in [0.3, 0.4) is 0 Å². The van der Waals surface area contributed by atoms with Crippen molar-refractivity contribution in [1.29, 1.82) is 0 Å². The predicted molar refractivity (Wildman–Crippen MR) is 193 cm³/mol. The molecule has 19 nitrogen and oxygen atoms in total. The van der Waals surface area contributed by atoms with E-state index in [1.165, 1.54) is 36.8 Å². The zero-order valence-corrected chi connectivity index (χ0v) is 30.2. The molecular weight excluding hydrogens is 777 g/mol. The maximum absolute atomic E-state index is 13.9. The van der Waals surface area contributed by atoms with Crippen LogP contribution in [0.15, 0.2) is 67.3 Å². The van der Waals surface area contributed by atoms with E-state index >= 15 is 0 Å². The second-order valence-electron chi connectivity index (χ2n) is 12.9. The Labute approximate surface area is 325 Å². The van der Waals surface area contributed by atoms with Crippen LogP contribution in [0.2, 0.25) is 0 Å². The highest BCUT2D eigenvalue weighted by Gasteiger charge is 2.38. The highest BCUT2D eigenvalue weighted by atomic mass is 19.4. The van der Waals surface area contributed by atoms with Crippen LogP contribution in [0.4, 0.5) is 13.2 Å². The summed E-state index contributed by atoms with van der Waals surface area (Å²) in [6.45, 7) is -0.900. The van der Waals surface area contributed by atoms with Crippen molar-refractivity contribution in [3.05, 3.63) is 84.1 Å². The first-order valence-electron chi connectivity index (χ1n) is 17.4. The topological polar surface area (TPSA) is 305 Å². The normalized spacial score (nSPS) is 15.7. The fourth-order valence-corrected chi connectivity index (χ4v) is 5.72. The highest BCUT2D eigenvalue weighted by molar-refractivity contribution is 5.97. The van der Waals surface area contributed by atoms with Crippen molar-refractivity contribution < 1.29 is 67.2 Å². The Morgan fingerprint density at radius 1 is 0.810 bits per heavy atom. The summed E-state index contributed by atoms with van der Waals surface area (Å²) in [6.07, 6.45) is -0.417. The van der Waals surface area contributed by atoms with E-state index in [9.17, 15) is 57.3 Å². The van der Waals surface area contributed by atoms with Crippen molar-refractivity contribution >= 4 is 52.4 Å². The SMILES string of the molecule is O=C(O)C(F)(F)F.O=C1CC[C@@H](C(=O)N[C@@H](Cc2cnc[nH]2)C(=O)N[C@@H](Cc2c[nH]c3ccccc23)C(=O)N[C@@H](CO)C(=O)N[C@@H](Cc2ccc(O)cc2)C(=O)O)N1. The Hall–Kier alpha value is -6.97. The molecule has 3 heterocycles. The number of aromatic amines is 2. The van der Waals surface area contributed by atoms with Crippen molar-refractivity contribution in [2.24, 2.45) is 0 Å². The summed E-state index contributed by atoms with van der Waals surface area (Å²) in [6, 6.07) is 6.53. The molecule has 58 heavy (non-hydrogen) atoms. The first-order chi connectivity index (χ1) is 27.4. The molecule has 0 spiro atoms. The molecule has 1 aliphatic heterocycles. The van der Waals surface area contributed by atoms with Crippen molar-refractivity contribution in [3.63, 3.8) is 0 Å². The Kier molecular flexibility index (Phi) is 14.9. The fraction of sp³-hybridized carbons (Fsp3) is 0.333. The quantitative estimate of drug-likeness (QED) is 0.0686. The number of rotatable bonds is 16. The molecule has 0 bridgehead atoms. The molecule has 4 aromatic rings. The number of carboxylic acid groups (broad SMARTS) is 2. The molecular formula is C36H39F3N8O11. The third-order valence-corrected chi connectivity index (χ3v) is 8.70. The minimum absolute atomic E-state index is 0.0238. The smallest absolute Gasteiger partial charge is 0.490 e. The lowest BCUT2D eigenvalue weighted by atomic mass is 10.0. The number of hydrogen-bond acceptors (Lipinski definition) is 10. The number of phenolic OH excluding ortho intramolecular Hbond substituents is 1. The number of benzene rings is 2. The number of H-pyrrole nitrogens is 2. The second-order valence-corrected chi connectivity index (χ2v) is 12.9. The van der Waals surface area contributed by atoms with Gasteiger partial charge in [-0.25, -0.2) is 14.6 Å². The minimum atomic E-state index is -5.08. The number of alkyl halides is 3. The lowest BCUT2D eigenvalue weighted by molar-refractivity contribution is -0.192. The van der Waals surface area contributed by atoms with Gasteiger partial charge in [0.25, 0.3) is 0 Å². The lowest BCUT2D eigenvalue weighted by Gasteiger charge is -2.26. The van der Waals surface area contributed by atoms with E-state index in [0.717, 1.165) is 10.9 Å². The average Bonchev–Trinajstić information content (AvgIpc) is 3.95. The van der Waals surface area contributed by atoms with E-state index in [0.29, 0.717) is 16.8 Å². The maximum Gasteiger partial charge on any atom is 0.490 e. The van der Waals surface area contributed by atoms with Crippen molar-refractivity contribution in [2.45, 2.75) is 68.5 Å². The number of nitrogens with one attached hydrogen (secondary N) is 7. The third kappa shape index (κ3) is 12.5. The lowest BCUT2D eigenvalue weighted by Crippen LogP contribution is -2.60. The Morgan fingerprint density at radius 2 is 1.41 bits per heavy atom. The van der Waals surface area contributed by atoms with Crippen molar-refractivity contribution in [3.8, 4) is 5.75 Å². The summed E-state index contributed by atoms with van der Waals surface area (Å²) in [5.41, 5.74) is 2.40. The molecule has 1 saturated heterocycles. The molecule has 0 radical (unpaired) electrons. The molecule has 0 unspecified atom stereocenters. The molecule has 310 valence electrons. The third-order valence-electron chi connectivity index (χ3n) is 8.70. The van der Waals surface area contributed by atoms with E-state index < -0.39 is 78.6 Å². The molecule has 5 atom stereocenters.